The highest BCUT2D eigenvalue weighted by Crippen LogP contribution is 2.29. The minimum Gasteiger partial charge on any atom is -0.338 e. The molecule has 0 bridgehead atoms. The molecule has 3 amide bonds. The van der Waals surface area contributed by atoms with Crippen LogP contribution in [0.25, 0.3) is 0 Å². The molecule has 0 aliphatic heterocycles. The summed E-state index contributed by atoms with van der Waals surface area (Å²) >= 11 is 12.4. The number of hydrogen-bond acceptors (Lipinski definition) is 2. The molecule has 0 aliphatic carbocycles. The van der Waals surface area contributed by atoms with Crippen LogP contribution in [-0.2, 0) is 24.3 Å². The highest BCUT2D eigenvalue weighted by atomic mass is 35.5. The van der Waals surface area contributed by atoms with E-state index in [-0.39, 0.29) is 29.9 Å². The first-order chi connectivity index (χ1) is 19.0. The van der Waals surface area contributed by atoms with Gasteiger partial charge in [-0.25, -0.2) is 4.79 Å². The molecule has 7 heteroatoms. The molecule has 5 nitrogen and oxygen atoms in total. The molecule has 4 aromatic carbocycles. The molecule has 0 unspecified atom stereocenters. The third-order valence-corrected chi connectivity index (χ3v) is 7.19. The number of hydrogen-bond donors (Lipinski definition) is 1. The quantitative estimate of drug-likeness (QED) is 0.205. The Balaban J connectivity index is 1.47. The summed E-state index contributed by atoms with van der Waals surface area (Å²) < 4.78 is 0. The first kappa shape index (κ1) is 28.2. The SMILES string of the molecule is O=C(CCN(Cc1ccccc1)C(=O)Nc1cccc(Cl)c1Cl)N(CCc1ccccc1)Cc1ccccc1. The lowest BCUT2D eigenvalue weighted by atomic mass is 10.1. The first-order valence-electron chi connectivity index (χ1n) is 12.9. The van der Waals surface area contributed by atoms with Crippen molar-refractivity contribution in [1.82, 2.24) is 9.80 Å². The molecule has 0 heterocycles. The molecule has 0 saturated heterocycles. The number of nitrogens with one attached hydrogen (secondary N) is 1. The molecule has 4 aromatic rings. The molecule has 0 spiro atoms. The Kier molecular flexibility index (Phi) is 10.4. The van der Waals surface area contributed by atoms with Gasteiger partial charge in [0.1, 0.15) is 0 Å². The number of anilines is 1. The van der Waals surface area contributed by atoms with Gasteiger partial charge in [0, 0.05) is 32.6 Å². The van der Waals surface area contributed by atoms with E-state index in [1.165, 1.54) is 5.56 Å². The van der Waals surface area contributed by atoms with Gasteiger partial charge in [0.2, 0.25) is 5.91 Å². The van der Waals surface area contributed by atoms with Gasteiger partial charge < -0.3 is 15.1 Å². The summed E-state index contributed by atoms with van der Waals surface area (Å²) in [5, 5.41) is 3.49. The molecule has 1 N–H and O–H groups in total. The Morgan fingerprint density at radius 2 is 1.15 bits per heavy atom. The number of halogens is 2. The third-order valence-electron chi connectivity index (χ3n) is 6.37. The van der Waals surface area contributed by atoms with Crippen LogP contribution in [0.15, 0.2) is 109 Å². The van der Waals surface area contributed by atoms with Crippen LogP contribution in [0.1, 0.15) is 23.1 Å². The van der Waals surface area contributed by atoms with E-state index in [9.17, 15) is 9.59 Å². The van der Waals surface area contributed by atoms with Crippen molar-refractivity contribution in [3.05, 3.63) is 136 Å². The Morgan fingerprint density at radius 1 is 0.615 bits per heavy atom. The van der Waals surface area contributed by atoms with Crippen LogP contribution in [0, 0.1) is 0 Å². The fraction of sp³-hybridized carbons (Fsp3) is 0.188. The normalized spacial score (nSPS) is 10.6. The number of amides is 3. The van der Waals surface area contributed by atoms with Crippen molar-refractivity contribution < 1.29 is 9.59 Å². The minimum atomic E-state index is -0.352. The number of nitrogens with zero attached hydrogens (tertiary/aromatic N) is 2. The molecular weight excluding hydrogens is 529 g/mol. The van der Waals surface area contributed by atoms with Crippen molar-refractivity contribution in [2.75, 3.05) is 18.4 Å². The summed E-state index contributed by atoms with van der Waals surface area (Å²) in [7, 11) is 0. The second-order valence-electron chi connectivity index (χ2n) is 9.23. The monoisotopic (exact) mass is 559 g/mol. The van der Waals surface area contributed by atoms with Gasteiger partial charge in [-0.3, -0.25) is 4.79 Å². The molecule has 0 radical (unpaired) electrons. The lowest BCUT2D eigenvalue weighted by Gasteiger charge is -2.27. The maximum absolute atomic E-state index is 13.5. The lowest BCUT2D eigenvalue weighted by Crippen LogP contribution is -2.39. The average molecular weight is 561 g/mol. The van der Waals surface area contributed by atoms with Crippen LogP contribution < -0.4 is 5.32 Å². The minimum absolute atomic E-state index is 0.0126. The summed E-state index contributed by atoms with van der Waals surface area (Å²) in [5.41, 5.74) is 3.62. The molecule has 0 saturated carbocycles. The summed E-state index contributed by atoms with van der Waals surface area (Å²) in [6.45, 7) is 1.69. The topological polar surface area (TPSA) is 52.7 Å². The van der Waals surface area contributed by atoms with Crippen LogP contribution in [0.5, 0.6) is 0 Å². The highest BCUT2D eigenvalue weighted by Gasteiger charge is 2.20. The largest absolute Gasteiger partial charge is 0.338 e. The summed E-state index contributed by atoms with van der Waals surface area (Å²) in [6.07, 6.45) is 0.937. The van der Waals surface area contributed by atoms with Crippen LogP contribution in [0.4, 0.5) is 10.5 Å². The summed E-state index contributed by atoms with van der Waals surface area (Å²) in [5.74, 6) is -0.0126. The summed E-state index contributed by atoms with van der Waals surface area (Å²) in [6, 6.07) is 34.5. The molecule has 4 rings (SSSR count). The second kappa shape index (κ2) is 14.4. The van der Waals surface area contributed by atoms with Crippen molar-refractivity contribution >= 4 is 40.8 Å². The van der Waals surface area contributed by atoms with Crippen LogP contribution in [0.3, 0.4) is 0 Å². The van der Waals surface area contributed by atoms with Crippen molar-refractivity contribution in [3.8, 4) is 0 Å². The van der Waals surface area contributed by atoms with Crippen molar-refractivity contribution in [3.63, 3.8) is 0 Å². The lowest BCUT2D eigenvalue weighted by molar-refractivity contribution is -0.132. The number of carbonyl (C=O) groups is 2. The maximum atomic E-state index is 13.5. The Bertz CT molecular complexity index is 1350. The zero-order valence-electron chi connectivity index (χ0n) is 21.6. The smallest absolute Gasteiger partial charge is 0.322 e. The maximum Gasteiger partial charge on any atom is 0.322 e. The Hall–Kier alpha value is -3.80. The number of carbonyl (C=O) groups excluding carboxylic acids is 2. The van der Waals surface area contributed by atoms with Gasteiger partial charge in [-0.1, -0.05) is 120 Å². The van der Waals surface area contributed by atoms with E-state index in [0.29, 0.717) is 30.3 Å². The number of rotatable bonds is 11. The van der Waals surface area contributed by atoms with E-state index in [1.807, 2.05) is 83.8 Å². The molecule has 0 atom stereocenters. The Labute approximate surface area is 240 Å². The average Bonchev–Trinajstić information content (AvgIpc) is 2.97. The van der Waals surface area contributed by atoms with E-state index in [1.54, 1.807) is 23.1 Å². The van der Waals surface area contributed by atoms with E-state index in [4.69, 9.17) is 23.2 Å². The van der Waals surface area contributed by atoms with Crippen LogP contribution >= 0.6 is 23.2 Å². The van der Waals surface area contributed by atoms with Gasteiger partial charge in [-0.2, -0.15) is 0 Å². The van der Waals surface area contributed by atoms with Crippen LogP contribution in [0.2, 0.25) is 10.0 Å². The van der Waals surface area contributed by atoms with Gasteiger partial charge in [-0.05, 0) is 35.2 Å². The van der Waals surface area contributed by atoms with Crippen molar-refractivity contribution in [2.24, 2.45) is 0 Å². The van der Waals surface area contributed by atoms with Crippen molar-refractivity contribution in [2.45, 2.75) is 25.9 Å². The predicted octanol–water partition coefficient (Wildman–Crippen LogP) is 7.69. The second-order valence-corrected chi connectivity index (χ2v) is 10.0. The van der Waals surface area contributed by atoms with Gasteiger partial charge in [0.25, 0.3) is 0 Å². The molecule has 0 aromatic heterocycles. The number of urea groups is 1. The van der Waals surface area contributed by atoms with E-state index < -0.39 is 0 Å². The molecule has 0 fully saturated rings. The molecule has 0 aliphatic rings. The Morgan fingerprint density at radius 3 is 1.74 bits per heavy atom. The van der Waals surface area contributed by atoms with Gasteiger partial charge in [0.15, 0.2) is 0 Å². The third kappa shape index (κ3) is 8.60. The molecule has 39 heavy (non-hydrogen) atoms. The fourth-order valence-corrected chi connectivity index (χ4v) is 4.59. The molecular formula is C32H31Cl2N3O2. The van der Waals surface area contributed by atoms with E-state index in [2.05, 4.69) is 17.4 Å². The van der Waals surface area contributed by atoms with Gasteiger partial charge in [-0.15, -0.1) is 0 Å². The zero-order chi connectivity index (χ0) is 27.5. The summed E-state index contributed by atoms with van der Waals surface area (Å²) in [4.78, 5) is 30.4. The van der Waals surface area contributed by atoms with E-state index >= 15 is 0 Å². The number of benzene rings is 4. The zero-order valence-corrected chi connectivity index (χ0v) is 23.1. The molecule has 200 valence electrons. The highest BCUT2D eigenvalue weighted by molar-refractivity contribution is 6.43. The first-order valence-corrected chi connectivity index (χ1v) is 13.6. The predicted molar refractivity (Wildman–Crippen MR) is 159 cm³/mol. The standard InChI is InChI=1S/C32H31Cl2N3O2/c33-28-17-10-18-29(31(28)34)35-32(39)37(24-27-15-8-3-9-16-27)22-20-30(38)36(23-26-13-6-2-7-14-26)21-19-25-11-4-1-5-12-25/h1-18H,19-24H2,(H,35,39). The van der Waals surface area contributed by atoms with E-state index in [0.717, 1.165) is 17.5 Å². The van der Waals surface area contributed by atoms with Gasteiger partial charge in [0.05, 0.1) is 15.7 Å². The van der Waals surface area contributed by atoms with Crippen molar-refractivity contribution in [1.29, 1.82) is 0 Å². The van der Waals surface area contributed by atoms with Gasteiger partial charge >= 0.3 is 6.03 Å². The fourth-order valence-electron chi connectivity index (χ4n) is 4.24. The van der Waals surface area contributed by atoms with Crippen LogP contribution in [-0.4, -0.2) is 34.8 Å².